The second-order valence-electron chi connectivity index (χ2n) is 7.20. The van der Waals surface area contributed by atoms with Crippen LogP contribution in [-0.4, -0.2) is 24.1 Å². The van der Waals surface area contributed by atoms with Crippen molar-refractivity contribution in [2.75, 3.05) is 0 Å². The van der Waals surface area contributed by atoms with E-state index >= 15 is 0 Å². The van der Waals surface area contributed by atoms with E-state index in [-0.39, 0.29) is 24.1 Å². The van der Waals surface area contributed by atoms with Crippen molar-refractivity contribution in [3.05, 3.63) is 0 Å². The molecule has 0 heterocycles. The van der Waals surface area contributed by atoms with Gasteiger partial charge >= 0.3 is 11.9 Å². The molecule has 154 valence electrons. The zero-order chi connectivity index (χ0) is 19.6. The van der Waals surface area contributed by atoms with Gasteiger partial charge < -0.3 is 9.47 Å². The van der Waals surface area contributed by atoms with E-state index in [0.29, 0.717) is 25.7 Å². The second kappa shape index (κ2) is 17.4. The van der Waals surface area contributed by atoms with Crippen LogP contribution in [0.5, 0.6) is 0 Å². The topological polar surface area (TPSA) is 52.6 Å². The van der Waals surface area contributed by atoms with Crippen molar-refractivity contribution in [3.8, 4) is 0 Å². The summed E-state index contributed by atoms with van der Waals surface area (Å²) in [4.78, 5) is 24.1. The van der Waals surface area contributed by atoms with Crippen LogP contribution in [-0.2, 0) is 19.1 Å². The maximum Gasteiger partial charge on any atom is 0.306 e. The Bertz CT molecular complexity index is 320. The highest BCUT2D eigenvalue weighted by molar-refractivity contribution is 5.70. The highest BCUT2D eigenvalue weighted by Gasteiger charge is 2.25. The first-order valence-electron chi connectivity index (χ1n) is 11.0. The van der Waals surface area contributed by atoms with Crippen molar-refractivity contribution >= 4 is 11.9 Å². The minimum Gasteiger partial charge on any atom is -0.458 e. The summed E-state index contributed by atoms with van der Waals surface area (Å²) in [6, 6.07) is 0. The minimum absolute atomic E-state index is 0.164. The Hall–Kier alpha value is -1.06. The van der Waals surface area contributed by atoms with Crippen LogP contribution in [0.15, 0.2) is 0 Å². The Morgan fingerprint density at radius 2 is 0.923 bits per heavy atom. The molecule has 0 fully saturated rings. The number of esters is 2. The summed E-state index contributed by atoms with van der Waals surface area (Å²) in [6.07, 6.45) is 12.7. The summed E-state index contributed by atoms with van der Waals surface area (Å²) >= 11 is 0. The van der Waals surface area contributed by atoms with Gasteiger partial charge in [0.1, 0.15) is 12.2 Å². The maximum absolute atomic E-state index is 12.1. The van der Waals surface area contributed by atoms with Gasteiger partial charge in [-0.2, -0.15) is 0 Å². The lowest BCUT2D eigenvalue weighted by molar-refractivity contribution is -0.168. The maximum atomic E-state index is 12.1. The average molecular weight is 371 g/mol. The van der Waals surface area contributed by atoms with Gasteiger partial charge in [-0.1, -0.05) is 79.1 Å². The minimum atomic E-state index is -0.327. The molecular formula is C22H42O4. The van der Waals surface area contributed by atoms with Gasteiger partial charge in [-0.15, -0.1) is 0 Å². The molecule has 0 N–H and O–H groups in total. The van der Waals surface area contributed by atoms with Crippen LogP contribution < -0.4 is 0 Å². The second-order valence-corrected chi connectivity index (χ2v) is 7.20. The van der Waals surface area contributed by atoms with E-state index in [1.165, 1.54) is 38.5 Å². The molecule has 0 aliphatic rings. The number of hydrogen-bond acceptors (Lipinski definition) is 4. The molecule has 0 aliphatic heterocycles. The first kappa shape index (κ1) is 24.9. The molecule has 0 aromatic heterocycles. The first-order chi connectivity index (χ1) is 12.6. The largest absolute Gasteiger partial charge is 0.458 e. The molecule has 0 saturated heterocycles. The van der Waals surface area contributed by atoms with Gasteiger partial charge in [0.25, 0.3) is 0 Å². The number of unbranched alkanes of at least 4 members (excludes halogenated alkanes) is 8. The van der Waals surface area contributed by atoms with Crippen molar-refractivity contribution < 1.29 is 19.1 Å². The predicted molar refractivity (Wildman–Crippen MR) is 107 cm³/mol. The van der Waals surface area contributed by atoms with Crippen LogP contribution in [0.4, 0.5) is 0 Å². The highest BCUT2D eigenvalue weighted by atomic mass is 16.6. The summed E-state index contributed by atoms with van der Waals surface area (Å²) < 4.78 is 11.2. The summed E-state index contributed by atoms with van der Waals surface area (Å²) in [5.41, 5.74) is 0. The Labute approximate surface area is 161 Å². The van der Waals surface area contributed by atoms with Gasteiger partial charge in [0.05, 0.1) is 0 Å². The molecule has 4 heteroatoms. The molecular weight excluding hydrogens is 328 g/mol. The summed E-state index contributed by atoms with van der Waals surface area (Å²) in [5, 5.41) is 0. The van der Waals surface area contributed by atoms with E-state index in [4.69, 9.17) is 9.47 Å². The smallest absolute Gasteiger partial charge is 0.306 e. The van der Waals surface area contributed by atoms with Crippen LogP contribution in [0.25, 0.3) is 0 Å². The van der Waals surface area contributed by atoms with Crippen LogP contribution in [0.3, 0.4) is 0 Å². The lowest BCUT2D eigenvalue weighted by Gasteiger charge is -2.25. The Balaban J connectivity index is 4.16. The third kappa shape index (κ3) is 13.2. The molecule has 0 radical (unpaired) electrons. The Morgan fingerprint density at radius 3 is 1.23 bits per heavy atom. The lowest BCUT2D eigenvalue weighted by atomic mass is 10.1. The van der Waals surface area contributed by atoms with Crippen LogP contribution in [0, 0.1) is 0 Å². The summed E-state index contributed by atoms with van der Waals surface area (Å²) in [5.74, 6) is -0.329. The number of carbonyl (C=O) groups excluding carboxylic acids is 2. The fourth-order valence-electron chi connectivity index (χ4n) is 3.05. The molecule has 0 aliphatic carbocycles. The fraction of sp³-hybridized carbons (Fsp3) is 0.909. The molecule has 0 spiro atoms. The first-order valence-corrected chi connectivity index (χ1v) is 11.0. The molecule has 2 atom stereocenters. The number of hydrogen-bond donors (Lipinski definition) is 0. The number of rotatable bonds is 17. The fourth-order valence-corrected chi connectivity index (χ4v) is 3.05. The van der Waals surface area contributed by atoms with Crippen molar-refractivity contribution in [2.24, 2.45) is 0 Å². The van der Waals surface area contributed by atoms with Gasteiger partial charge in [0.2, 0.25) is 0 Å². The van der Waals surface area contributed by atoms with Crippen LogP contribution >= 0.6 is 0 Å². The Morgan fingerprint density at radius 1 is 0.577 bits per heavy atom. The SMILES string of the molecule is CCCCCCCC(=O)OC(CC)C(CC)OC(=O)CCCCCCC. The summed E-state index contributed by atoms with van der Waals surface area (Å²) in [7, 11) is 0. The van der Waals surface area contributed by atoms with E-state index in [1.54, 1.807) is 0 Å². The van der Waals surface area contributed by atoms with E-state index in [9.17, 15) is 9.59 Å². The highest BCUT2D eigenvalue weighted by Crippen LogP contribution is 2.16. The van der Waals surface area contributed by atoms with Crippen molar-refractivity contribution in [2.45, 2.75) is 130 Å². The lowest BCUT2D eigenvalue weighted by Crippen LogP contribution is -2.34. The zero-order valence-corrected chi connectivity index (χ0v) is 17.7. The van der Waals surface area contributed by atoms with Crippen LogP contribution in [0.2, 0.25) is 0 Å². The van der Waals surface area contributed by atoms with Crippen molar-refractivity contribution in [1.82, 2.24) is 0 Å². The summed E-state index contributed by atoms with van der Waals surface area (Å²) in [6.45, 7) is 8.30. The molecule has 0 aromatic carbocycles. The van der Waals surface area contributed by atoms with Crippen LogP contribution in [0.1, 0.15) is 118 Å². The normalized spacial score (nSPS) is 13.2. The molecule has 0 amide bonds. The number of ether oxygens (including phenoxy) is 2. The molecule has 0 bridgehead atoms. The molecule has 0 rings (SSSR count). The van der Waals surface area contributed by atoms with Gasteiger partial charge in [-0.25, -0.2) is 0 Å². The van der Waals surface area contributed by atoms with Gasteiger partial charge in [0.15, 0.2) is 0 Å². The third-order valence-electron chi connectivity index (χ3n) is 4.75. The average Bonchev–Trinajstić information content (AvgIpc) is 2.64. The van der Waals surface area contributed by atoms with E-state index < -0.39 is 0 Å². The molecule has 0 saturated carbocycles. The molecule has 26 heavy (non-hydrogen) atoms. The van der Waals surface area contributed by atoms with E-state index in [0.717, 1.165) is 25.7 Å². The van der Waals surface area contributed by atoms with E-state index in [1.807, 2.05) is 13.8 Å². The van der Waals surface area contributed by atoms with Crippen molar-refractivity contribution in [3.63, 3.8) is 0 Å². The molecule has 2 unspecified atom stereocenters. The predicted octanol–water partition coefficient (Wildman–Crippen LogP) is 6.35. The third-order valence-corrected chi connectivity index (χ3v) is 4.75. The quantitative estimate of drug-likeness (QED) is 0.221. The van der Waals surface area contributed by atoms with Gasteiger partial charge in [0, 0.05) is 12.8 Å². The molecule has 0 aromatic rings. The standard InChI is InChI=1S/C22H42O4/c1-5-9-11-13-15-17-21(23)25-19(7-3)20(8-4)26-22(24)18-16-14-12-10-6-2/h19-20H,5-18H2,1-4H3. The number of carbonyl (C=O) groups is 2. The monoisotopic (exact) mass is 370 g/mol. The Kier molecular flexibility index (Phi) is 16.7. The zero-order valence-electron chi connectivity index (χ0n) is 17.7. The molecule has 4 nitrogen and oxygen atoms in total. The van der Waals surface area contributed by atoms with E-state index in [2.05, 4.69) is 13.8 Å². The van der Waals surface area contributed by atoms with Gasteiger partial charge in [-0.3, -0.25) is 9.59 Å². The van der Waals surface area contributed by atoms with Crippen molar-refractivity contribution in [1.29, 1.82) is 0 Å². The van der Waals surface area contributed by atoms with Gasteiger partial charge in [-0.05, 0) is 25.7 Å².